The van der Waals surface area contributed by atoms with E-state index in [2.05, 4.69) is 0 Å². The molecule has 0 aliphatic rings. The monoisotopic (exact) mass is 1040 g/mol. The fraction of sp³-hybridized carbons (Fsp3) is 0.143. The molecule has 9 aromatic carbocycles. The summed E-state index contributed by atoms with van der Waals surface area (Å²) in [5.41, 5.74) is 5.15. The highest BCUT2D eigenvalue weighted by Crippen LogP contribution is 2.51. The molecule has 0 atom stereocenters. The van der Waals surface area contributed by atoms with E-state index in [9.17, 15) is 40.9 Å². The Labute approximate surface area is 448 Å². The highest BCUT2D eigenvalue weighted by Gasteiger charge is 2.25. The number of ether oxygens (including phenoxy) is 4. The molecule has 8 N–H and O–H groups in total. The minimum absolute atomic E-state index is 0.175. The molecule has 9 rings (SSSR count). The Bertz CT molecular complexity index is 2710. The molecule has 0 saturated carbocycles. The second kappa shape index (κ2) is 30.5. The van der Waals surface area contributed by atoms with Crippen molar-refractivity contribution in [3.8, 4) is 119 Å². The number of phenols is 8. The number of phenolic OH excluding ortho intramolecular Hbond substituents is 8. The van der Waals surface area contributed by atoms with Gasteiger partial charge in [-0.25, -0.2) is 0 Å². The SMILES string of the molecule is CCOOc1c(OC)cc(OCC)c(OCC)c1OCC.Oc1ccccc1-c1ccccc1O.Oc1ccccc1-c1ccccc1O.Oc1ccccc1-c1ccccc1O.Oc1ccccc1-c1ccccc1O. The van der Waals surface area contributed by atoms with Gasteiger partial charge in [0.1, 0.15) is 46.0 Å². The van der Waals surface area contributed by atoms with Crippen molar-refractivity contribution >= 4 is 0 Å². The van der Waals surface area contributed by atoms with E-state index in [1.165, 1.54) is 0 Å². The summed E-state index contributed by atoms with van der Waals surface area (Å²) >= 11 is 0. The topological polar surface area (TPSA) is 217 Å². The first-order valence-electron chi connectivity index (χ1n) is 24.6. The van der Waals surface area contributed by atoms with Crippen molar-refractivity contribution in [2.75, 3.05) is 33.5 Å². The van der Waals surface area contributed by atoms with Gasteiger partial charge in [-0.15, -0.1) is 0 Å². The summed E-state index contributed by atoms with van der Waals surface area (Å²) in [7, 11) is 1.54. The fourth-order valence-electron chi connectivity index (χ4n) is 7.36. The molecule has 0 bridgehead atoms. The fourth-order valence-corrected chi connectivity index (χ4v) is 7.36. The lowest BCUT2D eigenvalue weighted by Crippen LogP contribution is -2.07. The van der Waals surface area contributed by atoms with Crippen LogP contribution >= 0.6 is 0 Å². The Morgan fingerprint density at radius 1 is 0.273 bits per heavy atom. The third kappa shape index (κ3) is 16.4. The predicted octanol–water partition coefficient (Wildman–Crippen LogP) is 14.3. The van der Waals surface area contributed by atoms with Crippen LogP contribution in [-0.2, 0) is 4.89 Å². The molecule has 0 aliphatic carbocycles. The van der Waals surface area contributed by atoms with Gasteiger partial charge in [0.15, 0.2) is 11.5 Å². The van der Waals surface area contributed by atoms with Crippen LogP contribution in [0.15, 0.2) is 200 Å². The number of methoxy groups -OCH3 is 1. The van der Waals surface area contributed by atoms with Crippen LogP contribution in [0, 0.1) is 0 Å². The van der Waals surface area contributed by atoms with Gasteiger partial charge >= 0.3 is 0 Å². The van der Waals surface area contributed by atoms with Crippen LogP contribution in [-0.4, -0.2) is 74.4 Å². The minimum Gasteiger partial charge on any atom is -0.507 e. The number of aromatic hydroxyl groups is 8. The number of hydrogen-bond acceptors (Lipinski definition) is 14. The van der Waals surface area contributed by atoms with Crippen LogP contribution in [0.1, 0.15) is 27.7 Å². The Balaban J connectivity index is 0.000000179. The van der Waals surface area contributed by atoms with Crippen LogP contribution < -0.4 is 23.8 Å². The number of benzene rings is 9. The van der Waals surface area contributed by atoms with Crippen LogP contribution in [0.4, 0.5) is 0 Å². The zero-order valence-electron chi connectivity index (χ0n) is 43.4. The molecule has 0 unspecified atom stereocenters. The quantitative estimate of drug-likeness (QED) is 0.0376. The summed E-state index contributed by atoms with van der Waals surface area (Å²) in [6.07, 6.45) is 0. The molecule has 400 valence electrons. The summed E-state index contributed by atoms with van der Waals surface area (Å²) in [6, 6.07) is 57.2. The molecule has 77 heavy (non-hydrogen) atoms. The second-order valence-electron chi connectivity index (χ2n) is 16.0. The molecule has 0 saturated heterocycles. The van der Waals surface area contributed by atoms with Crippen molar-refractivity contribution in [3.05, 3.63) is 200 Å². The maximum Gasteiger partial charge on any atom is 0.252 e. The largest absolute Gasteiger partial charge is 0.507 e. The van der Waals surface area contributed by atoms with Crippen molar-refractivity contribution in [2.24, 2.45) is 0 Å². The summed E-state index contributed by atoms with van der Waals surface area (Å²) in [6.45, 7) is 9.30. The Morgan fingerprint density at radius 3 is 0.714 bits per heavy atom. The Morgan fingerprint density at radius 2 is 0.506 bits per heavy atom. The van der Waals surface area contributed by atoms with Crippen molar-refractivity contribution in [1.29, 1.82) is 0 Å². The maximum atomic E-state index is 9.58. The first-order valence-corrected chi connectivity index (χ1v) is 24.6. The smallest absolute Gasteiger partial charge is 0.252 e. The van der Waals surface area contributed by atoms with Gasteiger partial charge in [-0.2, -0.15) is 4.89 Å². The third-order valence-electron chi connectivity index (χ3n) is 10.9. The van der Waals surface area contributed by atoms with Crippen molar-refractivity contribution < 1.29 is 69.6 Å². The molecule has 0 aromatic heterocycles. The van der Waals surface area contributed by atoms with Gasteiger partial charge in [-0.1, -0.05) is 146 Å². The van der Waals surface area contributed by atoms with Gasteiger partial charge in [0.05, 0.1) is 33.5 Å². The average molecular weight is 1050 g/mol. The highest BCUT2D eigenvalue weighted by molar-refractivity contribution is 5.77. The number of hydrogen-bond donors (Lipinski definition) is 8. The van der Waals surface area contributed by atoms with Crippen molar-refractivity contribution in [3.63, 3.8) is 0 Å². The van der Waals surface area contributed by atoms with E-state index in [1.807, 2.05) is 76.2 Å². The normalized spacial score (nSPS) is 10.0. The molecule has 0 aliphatic heterocycles. The molecule has 14 nitrogen and oxygen atoms in total. The van der Waals surface area contributed by atoms with Gasteiger partial charge in [-0.3, -0.25) is 0 Å². The van der Waals surface area contributed by atoms with E-state index in [-0.39, 0.29) is 46.0 Å². The Kier molecular flexibility index (Phi) is 23.1. The zero-order chi connectivity index (χ0) is 55.5. The van der Waals surface area contributed by atoms with E-state index in [0.717, 1.165) is 0 Å². The third-order valence-corrected chi connectivity index (χ3v) is 10.9. The standard InChI is InChI=1S/C15H24O6.4C12H10O2/c1-6-17-12-10-11(16-5)14(21-20-9-4)15(19-8-3)13(12)18-7-2;4*13-11-7-3-1-5-9(11)10-6-2-4-8-12(10)14/h10H,6-9H2,1-5H3;4*1-8,13-14H. The Hall–Kier alpha value is -9.66. The lowest BCUT2D eigenvalue weighted by atomic mass is 10.0. The van der Waals surface area contributed by atoms with Gasteiger partial charge in [0.25, 0.3) is 5.75 Å². The van der Waals surface area contributed by atoms with Gasteiger partial charge in [-0.05, 0) is 76.2 Å². The van der Waals surface area contributed by atoms with Crippen molar-refractivity contribution in [2.45, 2.75) is 27.7 Å². The predicted molar refractivity (Wildman–Crippen MR) is 300 cm³/mol. The van der Waals surface area contributed by atoms with E-state index in [4.69, 9.17) is 28.7 Å². The van der Waals surface area contributed by atoms with Crippen LogP contribution in [0.3, 0.4) is 0 Å². The molecule has 0 spiro atoms. The summed E-state index contributed by atoms with van der Waals surface area (Å²) < 4.78 is 22.2. The van der Waals surface area contributed by atoms with E-state index < -0.39 is 0 Å². The molecule has 0 radical (unpaired) electrons. The van der Waals surface area contributed by atoms with Gasteiger partial charge < -0.3 is 64.7 Å². The molecule has 0 amide bonds. The summed E-state index contributed by atoms with van der Waals surface area (Å²) in [5.74, 6) is 3.64. The lowest BCUT2D eigenvalue weighted by Gasteiger charge is -2.19. The molecule has 14 heteroatoms. The number of para-hydroxylation sites is 8. The van der Waals surface area contributed by atoms with Crippen LogP contribution in [0.25, 0.3) is 44.5 Å². The van der Waals surface area contributed by atoms with Gasteiger partial charge in [0, 0.05) is 50.6 Å². The molecule has 0 fully saturated rings. The second-order valence-corrected chi connectivity index (χ2v) is 16.0. The summed E-state index contributed by atoms with van der Waals surface area (Å²) in [5, 5.41) is 76.6. The zero-order valence-corrected chi connectivity index (χ0v) is 43.4. The number of rotatable bonds is 14. The average Bonchev–Trinajstić information content (AvgIpc) is 3.44. The van der Waals surface area contributed by atoms with Gasteiger partial charge in [0.2, 0.25) is 11.5 Å². The molecular weight excluding hydrogens is 981 g/mol. The van der Waals surface area contributed by atoms with Crippen LogP contribution in [0.5, 0.6) is 74.7 Å². The molecular formula is C63H64O14. The van der Waals surface area contributed by atoms with E-state index >= 15 is 0 Å². The lowest BCUT2D eigenvalue weighted by molar-refractivity contribution is -0.204. The first-order chi connectivity index (χ1) is 37.4. The van der Waals surface area contributed by atoms with E-state index in [1.54, 1.807) is 159 Å². The van der Waals surface area contributed by atoms with E-state index in [0.29, 0.717) is 99.7 Å². The van der Waals surface area contributed by atoms with Crippen LogP contribution in [0.2, 0.25) is 0 Å². The molecule has 9 aromatic rings. The molecule has 0 heterocycles. The summed E-state index contributed by atoms with van der Waals surface area (Å²) in [4.78, 5) is 10.3. The highest BCUT2D eigenvalue weighted by atomic mass is 17.2. The minimum atomic E-state index is 0.175. The van der Waals surface area contributed by atoms with Crippen molar-refractivity contribution in [1.82, 2.24) is 0 Å². The maximum absolute atomic E-state index is 9.58. The first kappa shape index (κ1) is 58.2.